The monoisotopic (exact) mass is 327 g/mol. The van der Waals surface area contributed by atoms with Crippen molar-refractivity contribution in [1.29, 1.82) is 0 Å². The summed E-state index contributed by atoms with van der Waals surface area (Å²) in [6, 6.07) is 6.45. The van der Waals surface area contributed by atoms with Gasteiger partial charge in [-0.3, -0.25) is 9.59 Å². The summed E-state index contributed by atoms with van der Waals surface area (Å²) in [5, 5.41) is 0. The van der Waals surface area contributed by atoms with Crippen molar-refractivity contribution in [3.63, 3.8) is 0 Å². The molecule has 4 rings (SSSR count). The summed E-state index contributed by atoms with van der Waals surface area (Å²) in [6.07, 6.45) is 7.62. The number of nitrogens with zero attached hydrogens (tertiary/aromatic N) is 1. The maximum absolute atomic E-state index is 12.6. The Morgan fingerprint density at radius 1 is 1.12 bits per heavy atom. The standard InChI is InChI=1S/C20H25NO3/c22-18-14-21(10-9-20(18)8-3-11-24-20)19(23)13-15-6-7-16-4-1-2-5-17(16)12-15/h6-7,12H,1-5,8-11,13-14H2/t20-/m1/s1. The van der Waals surface area contributed by atoms with Gasteiger partial charge < -0.3 is 9.64 Å². The third-order valence-corrected chi connectivity index (χ3v) is 5.85. The smallest absolute Gasteiger partial charge is 0.227 e. The van der Waals surface area contributed by atoms with E-state index >= 15 is 0 Å². The predicted octanol–water partition coefficient (Wildman–Crippen LogP) is 2.46. The van der Waals surface area contributed by atoms with Crippen LogP contribution in [-0.4, -0.2) is 41.9 Å². The van der Waals surface area contributed by atoms with Crippen molar-refractivity contribution >= 4 is 11.7 Å². The molecule has 2 heterocycles. The van der Waals surface area contributed by atoms with Gasteiger partial charge in [0.15, 0.2) is 5.78 Å². The Bertz CT molecular complexity index is 661. The van der Waals surface area contributed by atoms with E-state index in [4.69, 9.17) is 4.74 Å². The normalized spacial score (nSPS) is 26.7. The fraction of sp³-hybridized carbons (Fsp3) is 0.600. The number of aryl methyl sites for hydroxylation is 2. The van der Waals surface area contributed by atoms with Crippen LogP contribution in [-0.2, 0) is 33.6 Å². The molecule has 4 heteroatoms. The number of piperidine rings is 1. The van der Waals surface area contributed by atoms with Crippen LogP contribution in [0, 0.1) is 0 Å². The maximum atomic E-state index is 12.6. The zero-order valence-electron chi connectivity index (χ0n) is 14.2. The zero-order chi connectivity index (χ0) is 16.6. The van der Waals surface area contributed by atoms with Crippen molar-refractivity contribution in [2.24, 2.45) is 0 Å². The van der Waals surface area contributed by atoms with Gasteiger partial charge in [0.2, 0.25) is 5.91 Å². The molecule has 24 heavy (non-hydrogen) atoms. The molecule has 1 atom stereocenters. The number of hydrogen-bond donors (Lipinski definition) is 0. The minimum absolute atomic E-state index is 0.0620. The Labute approximate surface area is 143 Å². The number of ketones is 1. The van der Waals surface area contributed by atoms with Gasteiger partial charge >= 0.3 is 0 Å². The van der Waals surface area contributed by atoms with Crippen molar-refractivity contribution in [3.8, 4) is 0 Å². The minimum Gasteiger partial charge on any atom is -0.367 e. The zero-order valence-corrected chi connectivity index (χ0v) is 14.2. The summed E-state index contributed by atoms with van der Waals surface area (Å²) in [5.41, 5.74) is 3.33. The molecule has 0 unspecified atom stereocenters. The lowest BCUT2D eigenvalue weighted by atomic mass is 9.87. The summed E-state index contributed by atoms with van der Waals surface area (Å²) in [4.78, 5) is 26.8. The third kappa shape index (κ3) is 2.88. The first-order valence-corrected chi connectivity index (χ1v) is 9.22. The molecule has 128 valence electrons. The number of carbonyl (C=O) groups excluding carboxylic acids is 2. The van der Waals surface area contributed by atoms with E-state index in [1.807, 2.05) is 0 Å². The van der Waals surface area contributed by atoms with E-state index in [-0.39, 0.29) is 18.2 Å². The molecule has 0 saturated carbocycles. The van der Waals surface area contributed by atoms with Crippen molar-refractivity contribution in [2.45, 2.75) is 57.0 Å². The Morgan fingerprint density at radius 3 is 2.71 bits per heavy atom. The van der Waals surface area contributed by atoms with Gasteiger partial charge in [0.25, 0.3) is 0 Å². The molecular formula is C20H25NO3. The molecule has 2 saturated heterocycles. The lowest BCUT2D eigenvalue weighted by Crippen LogP contribution is -2.54. The average molecular weight is 327 g/mol. The third-order valence-electron chi connectivity index (χ3n) is 5.85. The molecular weight excluding hydrogens is 302 g/mol. The molecule has 1 spiro atoms. The van der Waals surface area contributed by atoms with E-state index in [9.17, 15) is 9.59 Å². The Morgan fingerprint density at radius 2 is 1.96 bits per heavy atom. The van der Waals surface area contributed by atoms with Gasteiger partial charge in [0.1, 0.15) is 5.60 Å². The first kappa shape index (κ1) is 15.8. The van der Waals surface area contributed by atoms with Crippen LogP contribution in [0.5, 0.6) is 0 Å². The predicted molar refractivity (Wildman–Crippen MR) is 90.9 cm³/mol. The first-order valence-electron chi connectivity index (χ1n) is 9.22. The number of ether oxygens (including phenoxy) is 1. The number of benzene rings is 1. The minimum atomic E-state index is -0.581. The highest BCUT2D eigenvalue weighted by Gasteiger charge is 2.46. The Balaban J connectivity index is 1.41. The maximum Gasteiger partial charge on any atom is 0.227 e. The highest BCUT2D eigenvalue weighted by Crippen LogP contribution is 2.33. The van der Waals surface area contributed by atoms with E-state index in [0.29, 0.717) is 26.0 Å². The largest absolute Gasteiger partial charge is 0.367 e. The number of likely N-dealkylation sites (tertiary alicyclic amines) is 1. The SMILES string of the molecule is O=C(Cc1ccc2c(c1)CCCC2)N1CC[C@]2(CCCO2)C(=O)C1. The molecule has 1 aromatic carbocycles. The van der Waals surface area contributed by atoms with Crippen LogP contribution in [0.15, 0.2) is 18.2 Å². The van der Waals surface area contributed by atoms with Crippen LogP contribution in [0.1, 0.15) is 48.8 Å². The molecule has 0 N–H and O–H groups in total. The second kappa shape index (κ2) is 6.32. The lowest BCUT2D eigenvalue weighted by Gasteiger charge is -2.37. The van der Waals surface area contributed by atoms with Crippen LogP contribution in [0.2, 0.25) is 0 Å². The highest BCUT2D eigenvalue weighted by atomic mass is 16.5. The molecule has 3 aliphatic rings. The average Bonchev–Trinajstić information content (AvgIpc) is 3.07. The number of rotatable bonds is 2. The summed E-state index contributed by atoms with van der Waals surface area (Å²) in [5.74, 6) is 0.150. The molecule has 2 fully saturated rings. The molecule has 0 aromatic heterocycles. The van der Waals surface area contributed by atoms with Crippen molar-refractivity contribution in [1.82, 2.24) is 4.90 Å². The Kier molecular flexibility index (Phi) is 4.17. The second-order valence-corrected chi connectivity index (χ2v) is 7.42. The lowest BCUT2D eigenvalue weighted by molar-refractivity contribution is -0.152. The molecule has 0 radical (unpaired) electrons. The van der Waals surface area contributed by atoms with E-state index < -0.39 is 5.60 Å². The topological polar surface area (TPSA) is 46.6 Å². The highest BCUT2D eigenvalue weighted by molar-refractivity contribution is 5.94. The van der Waals surface area contributed by atoms with Crippen molar-refractivity contribution < 1.29 is 14.3 Å². The molecule has 4 nitrogen and oxygen atoms in total. The number of amides is 1. The molecule has 1 aromatic rings. The van der Waals surface area contributed by atoms with E-state index in [2.05, 4.69) is 18.2 Å². The summed E-state index contributed by atoms with van der Waals surface area (Å²) >= 11 is 0. The van der Waals surface area contributed by atoms with Gasteiger partial charge in [0.05, 0.1) is 13.0 Å². The summed E-state index contributed by atoms with van der Waals surface area (Å²) in [6.45, 7) is 1.52. The fourth-order valence-corrected chi connectivity index (χ4v) is 4.36. The second-order valence-electron chi connectivity index (χ2n) is 7.42. The van der Waals surface area contributed by atoms with Gasteiger partial charge in [-0.25, -0.2) is 0 Å². The quantitative estimate of drug-likeness (QED) is 0.838. The summed E-state index contributed by atoms with van der Waals surface area (Å²) < 4.78 is 5.71. The number of fused-ring (bicyclic) bond motifs is 1. The van der Waals surface area contributed by atoms with E-state index in [0.717, 1.165) is 31.2 Å². The van der Waals surface area contributed by atoms with Crippen molar-refractivity contribution in [2.75, 3.05) is 19.7 Å². The van der Waals surface area contributed by atoms with Crippen LogP contribution < -0.4 is 0 Å². The van der Waals surface area contributed by atoms with Crippen LogP contribution in [0.3, 0.4) is 0 Å². The van der Waals surface area contributed by atoms with Gasteiger partial charge in [-0.15, -0.1) is 0 Å². The van der Waals surface area contributed by atoms with Gasteiger partial charge in [-0.1, -0.05) is 18.2 Å². The van der Waals surface area contributed by atoms with Gasteiger partial charge in [-0.05, 0) is 55.2 Å². The van der Waals surface area contributed by atoms with Gasteiger partial charge in [0, 0.05) is 19.6 Å². The van der Waals surface area contributed by atoms with Crippen LogP contribution >= 0.6 is 0 Å². The number of Topliss-reactive ketones (excluding diaryl/α,β-unsaturated/α-hetero) is 1. The van der Waals surface area contributed by atoms with Gasteiger partial charge in [-0.2, -0.15) is 0 Å². The molecule has 0 bridgehead atoms. The van der Waals surface area contributed by atoms with Crippen LogP contribution in [0.25, 0.3) is 0 Å². The molecule has 2 aliphatic heterocycles. The number of hydrogen-bond acceptors (Lipinski definition) is 3. The fourth-order valence-electron chi connectivity index (χ4n) is 4.36. The van der Waals surface area contributed by atoms with Crippen molar-refractivity contribution in [3.05, 3.63) is 34.9 Å². The summed E-state index contributed by atoms with van der Waals surface area (Å²) in [7, 11) is 0. The molecule has 1 aliphatic carbocycles. The molecule has 1 amide bonds. The van der Waals surface area contributed by atoms with Crippen LogP contribution in [0.4, 0.5) is 0 Å². The van der Waals surface area contributed by atoms with E-state index in [1.165, 1.54) is 24.0 Å². The van der Waals surface area contributed by atoms with E-state index in [1.54, 1.807) is 4.90 Å². The Hall–Kier alpha value is -1.68. The number of carbonyl (C=O) groups is 2. The first-order chi connectivity index (χ1) is 11.7.